The molecule has 1 aromatic rings. The van der Waals surface area contributed by atoms with Crippen LogP contribution < -0.4 is 9.47 Å². The first kappa shape index (κ1) is 45.0. The lowest BCUT2D eigenvalue weighted by molar-refractivity contribution is -0.134. The number of hydrogen-bond donors (Lipinski definition) is 0. The summed E-state index contributed by atoms with van der Waals surface area (Å²) in [4.78, 5) is 11.7. The van der Waals surface area contributed by atoms with E-state index in [1.807, 2.05) is 18.2 Å². The minimum absolute atomic E-state index is 0.374. The molecule has 0 N–H and O–H groups in total. The zero-order valence-electron chi connectivity index (χ0n) is 32.5. The number of ether oxygens (including phenoxy) is 3. The largest absolute Gasteiger partial charge is 0.493 e. The Morgan fingerprint density at radius 2 is 0.880 bits per heavy atom. The molecular formula is C46H74O4. The molecule has 50 heavy (non-hydrogen) atoms. The van der Waals surface area contributed by atoms with Crippen LogP contribution >= 0.6 is 0 Å². The molecule has 0 saturated carbocycles. The molecule has 0 saturated heterocycles. The molecule has 0 fully saturated rings. The van der Waals surface area contributed by atoms with Crippen molar-refractivity contribution in [1.82, 2.24) is 0 Å². The quantitative estimate of drug-likeness (QED) is 0.0312. The van der Waals surface area contributed by atoms with Crippen LogP contribution in [-0.4, -0.2) is 26.3 Å². The van der Waals surface area contributed by atoms with Crippen LogP contribution in [0.2, 0.25) is 0 Å². The summed E-state index contributed by atoms with van der Waals surface area (Å²) in [6.07, 6.45) is 51.3. The van der Waals surface area contributed by atoms with E-state index in [0.717, 1.165) is 42.7 Å². The van der Waals surface area contributed by atoms with Gasteiger partial charge in [0.05, 0.1) is 20.3 Å². The summed E-state index contributed by atoms with van der Waals surface area (Å²) in [5, 5.41) is 0. The number of rotatable bonds is 34. The summed E-state index contributed by atoms with van der Waals surface area (Å²) in [7, 11) is 1.39. The highest BCUT2D eigenvalue weighted by molar-refractivity contribution is 5.87. The fourth-order valence-corrected chi connectivity index (χ4v) is 5.65. The van der Waals surface area contributed by atoms with Crippen molar-refractivity contribution >= 4 is 12.0 Å². The van der Waals surface area contributed by atoms with Gasteiger partial charge in [0.25, 0.3) is 0 Å². The topological polar surface area (TPSA) is 44.8 Å². The predicted molar refractivity (Wildman–Crippen MR) is 217 cm³/mol. The molecule has 1 rings (SSSR count). The van der Waals surface area contributed by atoms with Gasteiger partial charge in [-0.25, -0.2) is 4.79 Å². The van der Waals surface area contributed by atoms with Crippen LogP contribution in [0.25, 0.3) is 6.08 Å². The molecule has 0 unspecified atom stereocenters. The maximum absolute atomic E-state index is 11.7. The Kier molecular flexibility index (Phi) is 32.2. The number of esters is 1. The molecule has 4 heteroatoms. The van der Waals surface area contributed by atoms with Crippen molar-refractivity contribution in [3.8, 4) is 11.5 Å². The van der Waals surface area contributed by atoms with E-state index in [9.17, 15) is 4.79 Å². The van der Waals surface area contributed by atoms with Gasteiger partial charge < -0.3 is 14.2 Å². The van der Waals surface area contributed by atoms with E-state index in [-0.39, 0.29) is 5.97 Å². The monoisotopic (exact) mass is 691 g/mol. The Labute approximate surface area is 308 Å². The third-order valence-corrected chi connectivity index (χ3v) is 8.74. The van der Waals surface area contributed by atoms with E-state index < -0.39 is 0 Å². The Morgan fingerprint density at radius 1 is 0.500 bits per heavy atom. The van der Waals surface area contributed by atoms with Gasteiger partial charge in [-0.2, -0.15) is 0 Å². The smallest absolute Gasteiger partial charge is 0.330 e. The van der Waals surface area contributed by atoms with E-state index >= 15 is 0 Å². The van der Waals surface area contributed by atoms with Crippen molar-refractivity contribution in [1.29, 1.82) is 0 Å². The van der Waals surface area contributed by atoms with Crippen LogP contribution in [0.3, 0.4) is 0 Å². The van der Waals surface area contributed by atoms with Gasteiger partial charge in [-0.3, -0.25) is 0 Å². The zero-order valence-corrected chi connectivity index (χ0v) is 32.5. The first-order chi connectivity index (χ1) is 24.7. The van der Waals surface area contributed by atoms with Crippen LogP contribution in [-0.2, 0) is 9.53 Å². The van der Waals surface area contributed by atoms with E-state index in [4.69, 9.17) is 14.2 Å². The van der Waals surface area contributed by atoms with Gasteiger partial charge in [0.2, 0.25) is 0 Å². The lowest BCUT2D eigenvalue weighted by Crippen LogP contribution is -2.01. The summed E-state index contributed by atoms with van der Waals surface area (Å²) in [6, 6.07) is 5.90. The van der Waals surface area contributed by atoms with Gasteiger partial charge in [0, 0.05) is 12.1 Å². The third-order valence-electron chi connectivity index (χ3n) is 8.74. The summed E-state index contributed by atoms with van der Waals surface area (Å²) in [6.45, 7) is 5.88. The van der Waals surface area contributed by atoms with E-state index in [2.05, 4.69) is 62.5 Å². The van der Waals surface area contributed by atoms with Crippen molar-refractivity contribution in [2.24, 2.45) is 0 Å². The number of allylic oxidation sites excluding steroid dienone is 8. The molecule has 0 aliphatic carbocycles. The van der Waals surface area contributed by atoms with Crippen molar-refractivity contribution < 1.29 is 19.0 Å². The molecular weight excluding hydrogens is 617 g/mol. The number of methoxy groups -OCH3 is 1. The standard InChI is InChI=1S/C46H74O4/c1-4-6-8-10-12-14-16-18-20-22-24-26-28-30-32-34-38-49-44-40-43(36-37-46(47)48-3)41-45(42-44)50-39-35-33-31-29-27-25-23-21-19-17-15-13-11-9-7-5-2/h12-15,18-21,36-37,40-42H,4-11,16-17,22-35,38-39H2,1-3H3. The average molecular weight is 691 g/mol. The highest BCUT2D eigenvalue weighted by Gasteiger charge is 2.04. The SMILES string of the molecule is CCCCCC=CCC=CCCCCCCCCOc1cc(C=CC(=O)OC)cc(OCCCCCCCCC=CCC=CCCCCC)c1. The molecule has 0 aliphatic rings. The summed E-state index contributed by atoms with van der Waals surface area (Å²) >= 11 is 0. The molecule has 1 aromatic carbocycles. The second kappa shape index (κ2) is 35.8. The highest BCUT2D eigenvalue weighted by Crippen LogP contribution is 2.25. The minimum Gasteiger partial charge on any atom is -0.493 e. The van der Waals surface area contributed by atoms with Gasteiger partial charge in [-0.1, -0.05) is 140 Å². The highest BCUT2D eigenvalue weighted by atomic mass is 16.5. The second-order valence-corrected chi connectivity index (χ2v) is 13.5. The van der Waals surface area contributed by atoms with Gasteiger partial charge in [0.1, 0.15) is 11.5 Å². The number of hydrogen-bond acceptors (Lipinski definition) is 4. The van der Waals surface area contributed by atoms with Crippen LogP contribution in [0, 0.1) is 0 Å². The Balaban J connectivity index is 2.22. The molecule has 0 atom stereocenters. The van der Waals surface area contributed by atoms with E-state index in [1.165, 1.54) is 142 Å². The van der Waals surface area contributed by atoms with Gasteiger partial charge >= 0.3 is 5.97 Å². The Morgan fingerprint density at radius 3 is 1.28 bits per heavy atom. The zero-order chi connectivity index (χ0) is 36.0. The van der Waals surface area contributed by atoms with Gasteiger partial charge in [-0.15, -0.1) is 0 Å². The van der Waals surface area contributed by atoms with Crippen molar-refractivity contribution in [3.63, 3.8) is 0 Å². The normalized spacial score (nSPS) is 12.1. The number of carbonyl (C=O) groups excluding carboxylic acids is 1. The third kappa shape index (κ3) is 29.9. The number of benzene rings is 1. The summed E-state index contributed by atoms with van der Waals surface area (Å²) in [5.74, 6) is 1.19. The Bertz CT molecular complexity index is 996. The van der Waals surface area contributed by atoms with Crippen LogP contribution in [0.4, 0.5) is 0 Å². The second-order valence-electron chi connectivity index (χ2n) is 13.5. The Hall–Kier alpha value is -3.01. The van der Waals surface area contributed by atoms with E-state index in [1.54, 1.807) is 6.08 Å². The average Bonchev–Trinajstić information content (AvgIpc) is 3.13. The summed E-state index contributed by atoms with van der Waals surface area (Å²) in [5.41, 5.74) is 0.872. The lowest BCUT2D eigenvalue weighted by Gasteiger charge is -2.12. The summed E-state index contributed by atoms with van der Waals surface area (Å²) < 4.78 is 17.0. The number of carbonyl (C=O) groups is 1. The minimum atomic E-state index is -0.374. The molecule has 0 heterocycles. The van der Waals surface area contributed by atoms with Crippen molar-refractivity contribution in [3.05, 3.63) is 78.4 Å². The molecule has 282 valence electrons. The molecule has 0 spiro atoms. The van der Waals surface area contributed by atoms with Crippen molar-refractivity contribution in [2.45, 2.75) is 168 Å². The fraction of sp³-hybridized carbons (Fsp3) is 0.630. The molecule has 0 radical (unpaired) electrons. The lowest BCUT2D eigenvalue weighted by atomic mass is 10.1. The van der Waals surface area contributed by atoms with Gasteiger partial charge in [-0.05, 0) is 101 Å². The molecule has 0 amide bonds. The maximum Gasteiger partial charge on any atom is 0.330 e. The van der Waals surface area contributed by atoms with Crippen molar-refractivity contribution in [2.75, 3.05) is 20.3 Å². The van der Waals surface area contributed by atoms with Gasteiger partial charge in [0.15, 0.2) is 0 Å². The number of unbranched alkanes of at least 4 members (excludes halogenated alkanes) is 18. The fourth-order valence-electron chi connectivity index (χ4n) is 5.65. The van der Waals surface area contributed by atoms with Crippen LogP contribution in [0.5, 0.6) is 11.5 Å². The first-order valence-corrected chi connectivity index (χ1v) is 20.5. The maximum atomic E-state index is 11.7. The van der Waals surface area contributed by atoms with Crippen LogP contribution in [0.15, 0.2) is 72.9 Å². The van der Waals surface area contributed by atoms with E-state index in [0.29, 0.717) is 13.2 Å². The van der Waals surface area contributed by atoms with Crippen LogP contribution in [0.1, 0.15) is 174 Å². The molecule has 0 aliphatic heterocycles. The molecule has 0 aromatic heterocycles. The predicted octanol–water partition coefficient (Wildman–Crippen LogP) is 14.3. The molecule has 0 bridgehead atoms. The first-order valence-electron chi connectivity index (χ1n) is 20.5. The molecule has 4 nitrogen and oxygen atoms in total.